The molecule has 1 heterocycles. The van der Waals surface area contributed by atoms with E-state index in [1.54, 1.807) is 0 Å². The van der Waals surface area contributed by atoms with E-state index in [0.29, 0.717) is 5.92 Å². The standard InChI is InChI=1S/C33H35N/c1-4-15-27(16-5-2)28-20-14-24-33-31(25-28)30-22-12-13-23-32(30)34(33)29(6-3)21-11-10-19-26-17-8-7-9-18-26/h4-14,16-18,20,22-23,25,27H,1,15,19,21,24H2,2-3H3/b11-10-,16-5-,29-6+. The number of para-hydroxylation sites is 1. The van der Waals surface area contributed by atoms with Gasteiger partial charge in [0, 0.05) is 41.1 Å². The number of aromatic nitrogens is 1. The van der Waals surface area contributed by atoms with Crippen molar-refractivity contribution in [2.24, 2.45) is 5.92 Å². The number of hydrogen-bond donors (Lipinski definition) is 0. The summed E-state index contributed by atoms with van der Waals surface area (Å²) in [6.45, 7) is 8.23. The van der Waals surface area contributed by atoms with E-state index in [9.17, 15) is 0 Å². The molecule has 4 rings (SSSR count). The Morgan fingerprint density at radius 2 is 1.82 bits per heavy atom. The Bertz CT molecular complexity index is 1270. The fourth-order valence-corrected chi connectivity index (χ4v) is 4.87. The van der Waals surface area contributed by atoms with Crippen LogP contribution in [0.25, 0.3) is 22.7 Å². The Labute approximate surface area is 204 Å². The Morgan fingerprint density at radius 1 is 1.03 bits per heavy atom. The van der Waals surface area contributed by atoms with Gasteiger partial charge in [0.25, 0.3) is 0 Å². The minimum Gasteiger partial charge on any atom is -0.316 e. The second-order valence-corrected chi connectivity index (χ2v) is 8.77. The highest BCUT2D eigenvalue weighted by Crippen LogP contribution is 2.36. The smallest absolute Gasteiger partial charge is 0.0534 e. The first-order valence-electron chi connectivity index (χ1n) is 12.4. The lowest BCUT2D eigenvalue weighted by molar-refractivity contribution is 0.801. The molecule has 172 valence electrons. The lowest BCUT2D eigenvalue weighted by atomic mass is 9.93. The third-order valence-electron chi connectivity index (χ3n) is 6.53. The molecule has 0 N–H and O–H groups in total. The fourth-order valence-electron chi connectivity index (χ4n) is 4.87. The van der Waals surface area contributed by atoms with Crippen molar-refractivity contribution in [3.8, 4) is 0 Å². The second kappa shape index (κ2) is 11.5. The number of rotatable bonds is 9. The van der Waals surface area contributed by atoms with Crippen LogP contribution in [0.2, 0.25) is 0 Å². The van der Waals surface area contributed by atoms with Crippen LogP contribution in [-0.2, 0) is 12.8 Å². The van der Waals surface area contributed by atoms with Crippen LogP contribution in [0.4, 0.5) is 0 Å². The van der Waals surface area contributed by atoms with Gasteiger partial charge in [0.2, 0.25) is 0 Å². The van der Waals surface area contributed by atoms with E-state index in [1.807, 2.05) is 6.08 Å². The molecule has 1 heteroatoms. The molecular weight excluding hydrogens is 410 g/mol. The summed E-state index contributed by atoms with van der Waals surface area (Å²) in [5.74, 6) is 0.355. The number of benzene rings is 2. The first-order chi connectivity index (χ1) is 16.8. The van der Waals surface area contributed by atoms with Crippen LogP contribution >= 0.6 is 0 Å². The fraction of sp³-hybridized carbons (Fsp3) is 0.212. The number of nitrogens with zero attached hydrogens (tertiary/aromatic N) is 1. The van der Waals surface area contributed by atoms with Crippen molar-refractivity contribution < 1.29 is 0 Å². The van der Waals surface area contributed by atoms with Crippen LogP contribution in [0.1, 0.15) is 43.5 Å². The number of hydrogen-bond acceptors (Lipinski definition) is 0. The molecule has 1 aliphatic carbocycles. The van der Waals surface area contributed by atoms with Crippen LogP contribution in [0.5, 0.6) is 0 Å². The molecule has 1 unspecified atom stereocenters. The van der Waals surface area contributed by atoms with Gasteiger partial charge in [-0.2, -0.15) is 0 Å². The Morgan fingerprint density at radius 3 is 2.59 bits per heavy atom. The molecule has 0 saturated carbocycles. The van der Waals surface area contributed by atoms with Crippen LogP contribution in [0.15, 0.2) is 115 Å². The SMILES string of the molecule is C=CCC(/C=C\C)C1=Cc2c(n(/C(=C/C)C/C=C\Cc3ccccc3)c3ccccc23)CC=C1. The summed E-state index contributed by atoms with van der Waals surface area (Å²) in [4.78, 5) is 0. The minimum atomic E-state index is 0.355. The molecule has 34 heavy (non-hydrogen) atoms. The van der Waals surface area contributed by atoms with E-state index < -0.39 is 0 Å². The van der Waals surface area contributed by atoms with Gasteiger partial charge < -0.3 is 4.57 Å². The van der Waals surface area contributed by atoms with Crippen molar-refractivity contribution in [2.75, 3.05) is 0 Å². The van der Waals surface area contributed by atoms with Crippen molar-refractivity contribution in [3.63, 3.8) is 0 Å². The van der Waals surface area contributed by atoms with E-state index in [4.69, 9.17) is 0 Å². The van der Waals surface area contributed by atoms with Gasteiger partial charge in [0.05, 0.1) is 5.52 Å². The van der Waals surface area contributed by atoms with Crippen molar-refractivity contribution >= 4 is 22.7 Å². The first-order valence-corrected chi connectivity index (χ1v) is 12.4. The normalized spacial score (nSPS) is 15.0. The zero-order chi connectivity index (χ0) is 23.8. The maximum atomic E-state index is 3.99. The maximum Gasteiger partial charge on any atom is 0.0534 e. The van der Waals surface area contributed by atoms with Crippen molar-refractivity contribution in [2.45, 2.75) is 39.5 Å². The molecular formula is C33H35N. The molecule has 0 fully saturated rings. The Balaban J connectivity index is 1.71. The van der Waals surface area contributed by atoms with E-state index >= 15 is 0 Å². The molecule has 0 spiro atoms. The molecule has 1 nitrogen and oxygen atoms in total. The van der Waals surface area contributed by atoms with Gasteiger partial charge in [0.1, 0.15) is 0 Å². The van der Waals surface area contributed by atoms with Crippen LogP contribution in [0, 0.1) is 5.92 Å². The topological polar surface area (TPSA) is 4.93 Å². The first kappa shape index (κ1) is 23.6. The maximum absolute atomic E-state index is 3.99. The van der Waals surface area contributed by atoms with E-state index in [0.717, 1.165) is 25.7 Å². The number of allylic oxidation sites excluding steroid dienone is 10. The van der Waals surface area contributed by atoms with Crippen molar-refractivity contribution in [1.82, 2.24) is 4.57 Å². The lowest BCUT2D eigenvalue weighted by Crippen LogP contribution is -2.02. The largest absolute Gasteiger partial charge is 0.316 e. The predicted octanol–water partition coefficient (Wildman–Crippen LogP) is 8.96. The molecule has 0 aliphatic heterocycles. The monoisotopic (exact) mass is 445 g/mol. The Kier molecular flexibility index (Phi) is 7.99. The van der Waals surface area contributed by atoms with Gasteiger partial charge in [-0.1, -0.05) is 97.1 Å². The molecule has 1 atom stereocenters. The Hall–Kier alpha value is -3.58. The van der Waals surface area contributed by atoms with Crippen molar-refractivity contribution in [1.29, 1.82) is 0 Å². The molecule has 0 saturated heterocycles. The van der Waals surface area contributed by atoms with Gasteiger partial charge in [-0.25, -0.2) is 0 Å². The molecule has 2 aromatic carbocycles. The quantitative estimate of drug-likeness (QED) is 0.290. The summed E-state index contributed by atoms with van der Waals surface area (Å²) >= 11 is 0. The zero-order valence-corrected chi connectivity index (χ0v) is 20.5. The average Bonchev–Trinajstić information content (AvgIpc) is 3.01. The highest BCUT2D eigenvalue weighted by atomic mass is 15.0. The summed E-state index contributed by atoms with van der Waals surface area (Å²) in [7, 11) is 0. The van der Waals surface area contributed by atoms with Gasteiger partial charge in [-0.05, 0) is 50.0 Å². The molecule has 1 aliphatic rings. The summed E-state index contributed by atoms with van der Waals surface area (Å²) in [5.41, 5.74) is 8.03. The molecule has 0 radical (unpaired) electrons. The lowest BCUT2D eigenvalue weighted by Gasteiger charge is -2.13. The highest BCUT2D eigenvalue weighted by Gasteiger charge is 2.20. The van der Waals surface area contributed by atoms with Gasteiger partial charge in [0.15, 0.2) is 0 Å². The van der Waals surface area contributed by atoms with Crippen LogP contribution in [-0.4, -0.2) is 4.57 Å². The summed E-state index contributed by atoms with van der Waals surface area (Å²) < 4.78 is 2.49. The molecule has 3 aromatic rings. The predicted molar refractivity (Wildman–Crippen MR) is 150 cm³/mol. The van der Waals surface area contributed by atoms with Gasteiger partial charge >= 0.3 is 0 Å². The number of fused-ring (bicyclic) bond motifs is 3. The van der Waals surface area contributed by atoms with Gasteiger partial charge in [-0.15, -0.1) is 6.58 Å². The van der Waals surface area contributed by atoms with E-state index in [-0.39, 0.29) is 0 Å². The van der Waals surface area contributed by atoms with Crippen LogP contribution < -0.4 is 0 Å². The second-order valence-electron chi connectivity index (χ2n) is 8.77. The molecule has 0 amide bonds. The molecule has 1 aromatic heterocycles. The zero-order valence-electron chi connectivity index (χ0n) is 20.5. The van der Waals surface area contributed by atoms with Crippen molar-refractivity contribution in [3.05, 3.63) is 132 Å². The third kappa shape index (κ3) is 5.15. The van der Waals surface area contributed by atoms with Gasteiger partial charge in [-0.3, -0.25) is 0 Å². The summed E-state index contributed by atoms with van der Waals surface area (Å²) in [5, 5.41) is 1.32. The van der Waals surface area contributed by atoms with E-state index in [1.165, 1.54) is 39.0 Å². The minimum absolute atomic E-state index is 0.355. The van der Waals surface area contributed by atoms with Crippen LogP contribution in [0.3, 0.4) is 0 Å². The highest BCUT2D eigenvalue weighted by molar-refractivity contribution is 5.95. The summed E-state index contributed by atoms with van der Waals surface area (Å²) in [6, 6.07) is 19.5. The average molecular weight is 446 g/mol. The summed E-state index contributed by atoms with van der Waals surface area (Å²) in [6.07, 6.45) is 24.1. The van der Waals surface area contributed by atoms with E-state index in [2.05, 4.69) is 128 Å². The third-order valence-corrected chi connectivity index (χ3v) is 6.53. The molecule has 0 bridgehead atoms.